The second-order valence-corrected chi connectivity index (χ2v) is 6.04. The maximum atomic E-state index is 12.5. The summed E-state index contributed by atoms with van der Waals surface area (Å²) in [5.41, 5.74) is 3.52. The number of aromatic nitrogens is 5. The summed E-state index contributed by atoms with van der Waals surface area (Å²) in [7, 11) is 2.04. The fourth-order valence-electron chi connectivity index (χ4n) is 3.06. The average Bonchev–Trinajstić information content (AvgIpc) is 3.01. The largest absolute Gasteiger partial charge is 0.353 e. The van der Waals surface area contributed by atoms with Crippen LogP contribution in [-0.4, -0.2) is 35.9 Å². The molecule has 4 heterocycles. The van der Waals surface area contributed by atoms with Crippen LogP contribution in [0.2, 0.25) is 0 Å². The van der Waals surface area contributed by atoms with Crippen LogP contribution >= 0.6 is 0 Å². The van der Waals surface area contributed by atoms with Crippen molar-refractivity contribution in [1.82, 2.24) is 29.4 Å². The van der Waals surface area contributed by atoms with Crippen LogP contribution in [0.3, 0.4) is 0 Å². The molecule has 0 amide bonds. The van der Waals surface area contributed by atoms with E-state index in [0.717, 1.165) is 36.3 Å². The summed E-state index contributed by atoms with van der Waals surface area (Å²) in [6, 6.07) is 4.15. The predicted molar refractivity (Wildman–Crippen MR) is 89.1 cm³/mol. The van der Waals surface area contributed by atoms with Crippen LogP contribution in [0.1, 0.15) is 17.0 Å². The minimum Gasteiger partial charge on any atom is -0.353 e. The monoisotopic (exact) mass is 322 g/mol. The second kappa shape index (κ2) is 6.01. The Kier molecular flexibility index (Phi) is 3.70. The Morgan fingerprint density at radius 1 is 1.29 bits per heavy atom. The molecule has 0 spiro atoms. The Hall–Kier alpha value is -2.80. The third-order valence-electron chi connectivity index (χ3n) is 4.42. The van der Waals surface area contributed by atoms with Crippen molar-refractivity contribution in [1.29, 1.82) is 0 Å². The van der Waals surface area contributed by atoms with Gasteiger partial charge in [0, 0.05) is 57.4 Å². The highest BCUT2D eigenvalue weighted by Gasteiger charge is 2.22. The summed E-state index contributed by atoms with van der Waals surface area (Å²) < 4.78 is 2.11. The molecule has 0 atom stereocenters. The fraction of sp³-hybridized carbons (Fsp3) is 0.294. The SMILES string of the molecule is Cn1cccc1CN1CCc2nc(-c3cncnc3)[nH]c(=O)c2C1. The van der Waals surface area contributed by atoms with Gasteiger partial charge in [0.15, 0.2) is 0 Å². The van der Waals surface area contributed by atoms with Crippen molar-refractivity contribution in [2.45, 2.75) is 19.5 Å². The van der Waals surface area contributed by atoms with Crippen molar-refractivity contribution in [3.05, 3.63) is 64.4 Å². The van der Waals surface area contributed by atoms with Crippen molar-refractivity contribution >= 4 is 0 Å². The first kappa shape index (κ1) is 14.8. The first-order valence-electron chi connectivity index (χ1n) is 7.91. The van der Waals surface area contributed by atoms with Gasteiger partial charge in [-0.25, -0.2) is 15.0 Å². The van der Waals surface area contributed by atoms with Gasteiger partial charge in [0.2, 0.25) is 0 Å². The molecule has 7 heteroatoms. The molecule has 3 aromatic rings. The van der Waals surface area contributed by atoms with Crippen molar-refractivity contribution in [3.8, 4) is 11.4 Å². The van der Waals surface area contributed by atoms with E-state index in [-0.39, 0.29) is 5.56 Å². The number of fused-ring (bicyclic) bond motifs is 1. The van der Waals surface area contributed by atoms with E-state index in [0.29, 0.717) is 12.4 Å². The van der Waals surface area contributed by atoms with Gasteiger partial charge in [-0.1, -0.05) is 0 Å². The lowest BCUT2D eigenvalue weighted by atomic mass is 10.1. The minimum absolute atomic E-state index is 0.0737. The molecule has 3 aromatic heterocycles. The van der Waals surface area contributed by atoms with Gasteiger partial charge in [-0.3, -0.25) is 9.69 Å². The highest BCUT2D eigenvalue weighted by Crippen LogP contribution is 2.19. The Morgan fingerprint density at radius 3 is 2.88 bits per heavy atom. The van der Waals surface area contributed by atoms with Crippen LogP contribution in [-0.2, 0) is 26.6 Å². The summed E-state index contributed by atoms with van der Waals surface area (Å²) in [4.78, 5) is 30.2. The lowest BCUT2D eigenvalue weighted by Gasteiger charge is -2.27. The predicted octanol–water partition coefficient (Wildman–Crippen LogP) is 1.12. The molecule has 0 aliphatic carbocycles. The molecule has 122 valence electrons. The van der Waals surface area contributed by atoms with Crippen LogP contribution < -0.4 is 5.56 Å². The maximum Gasteiger partial charge on any atom is 0.255 e. The van der Waals surface area contributed by atoms with Gasteiger partial charge >= 0.3 is 0 Å². The molecule has 1 aliphatic rings. The van der Waals surface area contributed by atoms with Crippen molar-refractivity contribution in [2.24, 2.45) is 7.05 Å². The zero-order chi connectivity index (χ0) is 16.5. The number of aryl methyl sites for hydroxylation is 1. The normalized spacial score (nSPS) is 14.5. The first-order valence-corrected chi connectivity index (χ1v) is 7.91. The lowest BCUT2D eigenvalue weighted by Crippen LogP contribution is -2.35. The van der Waals surface area contributed by atoms with Crippen molar-refractivity contribution in [2.75, 3.05) is 6.54 Å². The summed E-state index contributed by atoms with van der Waals surface area (Å²) >= 11 is 0. The number of rotatable bonds is 3. The molecule has 1 N–H and O–H groups in total. The first-order chi connectivity index (χ1) is 11.7. The van der Waals surface area contributed by atoms with Gasteiger partial charge in [0.25, 0.3) is 5.56 Å². The Balaban J connectivity index is 1.61. The number of H-pyrrole nitrogens is 1. The van der Waals surface area contributed by atoms with E-state index in [1.165, 1.54) is 12.0 Å². The molecule has 0 radical (unpaired) electrons. The molecule has 0 aromatic carbocycles. The smallest absolute Gasteiger partial charge is 0.255 e. The van der Waals surface area contributed by atoms with E-state index in [9.17, 15) is 4.79 Å². The Morgan fingerprint density at radius 2 is 2.12 bits per heavy atom. The zero-order valence-corrected chi connectivity index (χ0v) is 13.4. The van der Waals surface area contributed by atoms with E-state index >= 15 is 0 Å². The highest BCUT2D eigenvalue weighted by molar-refractivity contribution is 5.52. The summed E-state index contributed by atoms with van der Waals surface area (Å²) in [6.45, 7) is 2.34. The van der Waals surface area contributed by atoms with E-state index in [4.69, 9.17) is 0 Å². The molecule has 1 aliphatic heterocycles. The average molecular weight is 322 g/mol. The van der Waals surface area contributed by atoms with Crippen molar-refractivity contribution < 1.29 is 0 Å². The number of hydrogen-bond acceptors (Lipinski definition) is 5. The van der Waals surface area contributed by atoms with Crippen LogP contribution in [0.15, 0.2) is 41.8 Å². The van der Waals surface area contributed by atoms with Crippen LogP contribution in [0, 0.1) is 0 Å². The zero-order valence-electron chi connectivity index (χ0n) is 13.4. The van der Waals surface area contributed by atoms with Gasteiger partial charge < -0.3 is 9.55 Å². The molecule has 0 saturated carbocycles. The summed E-state index contributed by atoms with van der Waals surface area (Å²) in [5, 5.41) is 0. The van der Waals surface area contributed by atoms with Crippen molar-refractivity contribution in [3.63, 3.8) is 0 Å². The van der Waals surface area contributed by atoms with Gasteiger partial charge in [0.05, 0.1) is 16.8 Å². The molecule has 0 saturated heterocycles. The van der Waals surface area contributed by atoms with Crippen LogP contribution in [0.4, 0.5) is 0 Å². The molecular formula is C17H18N6O. The molecular weight excluding hydrogens is 304 g/mol. The van der Waals surface area contributed by atoms with Gasteiger partial charge in [0.1, 0.15) is 12.2 Å². The van der Waals surface area contributed by atoms with E-state index in [1.807, 2.05) is 19.3 Å². The highest BCUT2D eigenvalue weighted by atomic mass is 16.1. The molecule has 0 fully saturated rings. The second-order valence-electron chi connectivity index (χ2n) is 6.04. The van der Waals surface area contributed by atoms with Crippen LogP contribution in [0.5, 0.6) is 0 Å². The number of nitrogens with one attached hydrogen (secondary N) is 1. The molecule has 0 bridgehead atoms. The molecule has 24 heavy (non-hydrogen) atoms. The summed E-state index contributed by atoms with van der Waals surface area (Å²) in [5.74, 6) is 0.537. The topological polar surface area (TPSA) is 79.7 Å². The Bertz CT molecular complexity index is 914. The quantitative estimate of drug-likeness (QED) is 0.782. The molecule has 7 nitrogen and oxygen atoms in total. The summed E-state index contributed by atoms with van der Waals surface area (Å²) in [6.07, 6.45) is 7.58. The van der Waals surface area contributed by atoms with E-state index in [1.54, 1.807) is 12.4 Å². The minimum atomic E-state index is -0.0737. The lowest BCUT2D eigenvalue weighted by molar-refractivity contribution is 0.237. The van der Waals surface area contributed by atoms with Gasteiger partial charge in [-0.05, 0) is 12.1 Å². The number of nitrogens with zero attached hydrogens (tertiary/aromatic N) is 5. The van der Waals surface area contributed by atoms with Gasteiger partial charge in [-0.15, -0.1) is 0 Å². The standard InChI is InChI=1S/C17H18N6O/c1-22-5-2-3-13(22)9-23-6-4-15-14(10-23)17(24)21-16(20-15)12-7-18-11-19-8-12/h2-3,5,7-8,11H,4,6,9-10H2,1H3,(H,20,21,24). The third-order valence-corrected chi connectivity index (χ3v) is 4.42. The van der Waals surface area contributed by atoms with E-state index < -0.39 is 0 Å². The Labute approximate surface area is 139 Å². The van der Waals surface area contributed by atoms with Gasteiger partial charge in [-0.2, -0.15) is 0 Å². The maximum absolute atomic E-state index is 12.5. The number of hydrogen-bond donors (Lipinski definition) is 1. The van der Waals surface area contributed by atoms with Crippen LogP contribution in [0.25, 0.3) is 11.4 Å². The number of aromatic amines is 1. The molecule has 0 unspecified atom stereocenters. The fourth-order valence-corrected chi connectivity index (χ4v) is 3.06. The molecule has 4 rings (SSSR count). The third kappa shape index (κ3) is 2.74. The van der Waals surface area contributed by atoms with E-state index in [2.05, 4.69) is 35.5 Å².